The Morgan fingerprint density at radius 1 is 1.22 bits per heavy atom. The Balaban J connectivity index is 1.94. The van der Waals surface area contributed by atoms with Gasteiger partial charge in [0.05, 0.1) is 21.7 Å². The van der Waals surface area contributed by atoms with Crippen molar-refractivity contribution in [3.63, 3.8) is 0 Å². The third kappa shape index (κ3) is 5.21. The van der Waals surface area contributed by atoms with E-state index in [0.717, 1.165) is 27.5 Å². The molecule has 1 aromatic heterocycles. The van der Waals surface area contributed by atoms with Gasteiger partial charge in [0.2, 0.25) is 10.0 Å². The lowest BCUT2D eigenvalue weighted by molar-refractivity contribution is 0.0998. The molecule has 0 aliphatic heterocycles. The largest absolute Gasteiger partial charge is 0.305 e. The van der Waals surface area contributed by atoms with Gasteiger partial charge in [0, 0.05) is 23.1 Å². The van der Waals surface area contributed by atoms with Gasteiger partial charge in [-0.15, -0.1) is 6.42 Å². The van der Waals surface area contributed by atoms with Crippen molar-refractivity contribution in [1.29, 1.82) is 0 Å². The number of nitrogens with zero attached hydrogens (tertiary/aromatic N) is 3. The van der Waals surface area contributed by atoms with Gasteiger partial charge in [-0.2, -0.15) is 9.30 Å². The maximum absolute atomic E-state index is 12.9. The summed E-state index contributed by atoms with van der Waals surface area (Å²) in [6.45, 7) is 5.00. The number of sulfonamides is 1. The maximum atomic E-state index is 12.9. The fourth-order valence-corrected chi connectivity index (χ4v) is 6.30. The Bertz CT molecular complexity index is 1330. The SMILES string of the molecule is C#CCn1c(=NC(=O)c2ccc(S(=O)(=O)N(CC)CCCC)cc2)sc2cc(Br)ccc21. The number of amides is 1. The number of rotatable bonds is 8. The van der Waals surface area contributed by atoms with Crippen LogP contribution in [0.3, 0.4) is 0 Å². The van der Waals surface area contributed by atoms with Gasteiger partial charge in [0.15, 0.2) is 4.80 Å². The molecule has 0 saturated carbocycles. The average Bonchev–Trinajstić information content (AvgIpc) is 3.10. The van der Waals surface area contributed by atoms with Crippen LogP contribution in [0.2, 0.25) is 0 Å². The Morgan fingerprint density at radius 3 is 2.56 bits per heavy atom. The minimum Gasteiger partial charge on any atom is -0.305 e. The van der Waals surface area contributed by atoms with E-state index in [-0.39, 0.29) is 11.4 Å². The number of fused-ring (bicyclic) bond motifs is 1. The molecule has 0 spiro atoms. The Hall–Kier alpha value is -2.25. The van der Waals surface area contributed by atoms with E-state index in [2.05, 4.69) is 26.8 Å². The number of thiazole rings is 1. The molecule has 0 bridgehead atoms. The van der Waals surface area contributed by atoms with Crippen LogP contribution in [-0.4, -0.2) is 36.3 Å². The van der Waals surface area contributed by atoms with Gasteiger partial charge in [-0.3, -0.25) is 4.79 Å². The maximum Gasteiger partial charge on any atom is 0.279 e. The number of terminal acetylenes is 1. The lowest BCUT2D eigenvalue weighted by atomic mass is 10.2. The highest BCUT2D eigenvalue weighted by atomic mass is 79.9. The molecule has 0 aliphatic carbocycles. The molecule has 6 nitrogen and oxygen atoms in total. The number of benzene rings is 2. The van der Waals surface area contributed by atoms with Crippen LogP contribution >= 0.6 is 27.3 Å². The first-order chi connectivity index (χ1) is 15.3. The van der Waals surface area contributed by atoms with E-state index < -0.39 is 15.9 Å². The molecular formula is C23H24BrN3O3S2. The molecule has 0 saturated heterocycles. The molecule has 3 rings (SSSR count). The predicted octanol–water partition coefficient (Wildman–Crippen LogP) is 4.65. The van der Waals surface area contributed by atoms with Crippen molar-refractivity contribution in [2.45, 2.75) is 38.1 Å². The number of hydrogen-bond acceptors (Lipinski definition) is 4. The van der Waals surface area contributed by atoms with Crippen LogP contribution in [0.5, 0.6) is 0 Å². The highest BCUT2D eigenvalue weighted by Crippen LogP contribution is 2.22. The average molecular weight is 535 g/mol. The van der Waals surface area contributed by atoms with Crippen LogP contribution in [0, 0.1) is 12.3 Å². The van der Waals surface area contributed by atoms with Crippen LogP contribution in [0.1, 0.15) is 37.0 Å². The summed E-state index contributed by atoms with van der Waals surface area (Å²) in [6.07, 6.45) is 7.22. The molecular weight excluding hydrogens is 510 g/mol. The number of unbranched alkanes of at least 4 members (excludes halogenated alkanes) is 1. The van der Waals surface area contributed by atoms with Crippen LogP contribution in [0.25, 0.3) is 10.2 Å². The molecule has 0 radical (unpaired) electrons. The first kappa shape index (κ1) is 24.4. The van der Waals surface area contributed by atoms with Crippen molar-refractivity contribution >= 4 is 53.4 Å². The Morgan fingerprint density at radius 2 is 1.94 bits per heavy atom. The molecule has 0 unspecified atom stereocenters. The highest BCUT2D eigenvalue weighted by Gasteiger charge is 2.22. The van der Waals surface area contributed by atoms with Gasteiger partial charge in [0.25, 0.3) is 5.91 Å². The molecule has 3 aromatic rings. The summed E-state index contributed by atoms with van der Waals surface area (Å²) in [4.78, 5) is 17.7. The summed E-state index contributed by atoms with van der Waals surface area (Å²) in [5, 5.41) is 0. The molecule has 9 heteroatoms. The summed E-state index contributed by atoms with van der Waals surface area (Å²) >= 11 is 4.82. The number of carbonyl (C=O) groups is 1. The summed E-state index contributed by atoms with van der Waals surface area (Å²) < 4.78 is 30.9. The molecule has 0 fully saturated rings. The fraction of sp³-hybridized carbons (Fsp3) is 0.304. The second kappa shape index (κ2) is 10.6. The summed E-state index contributed by atoms with van der Waals surface area (Å²) in [6, 6.07) is 11.7. The molecule has 0 aliphatic rings. The summed E-state index contributed by atoms with van der Waals surface area (Å²) in [7, 11) is -3.60. The Labute approximate surface area is 200 Å². The van der Waals surface area contributed by atoms with E-state index in [1.165, 1.54) is 39.9 Å². The van der Waals surface area contributed by atoms with Crippen molar-refractivity contribution in [3.8, 4) is 12.3 Å². The molecule has 168 valence electrons. The zero-order valence-electron chi connectivity index (χ0n) is 17.9. The zero-order valence-corrected chi connectivity index (χ0v) is 21.1. The summed E-state index contributed by atoms with van der Waals surface area (Å²) in [5.41, 5.74) is 1.21. The zero-order chi connectivity index (χ0) is 23.3. The van der Waals surface area contributed by atoms with Crippen LogP contribution < -0.4 is 4.80 Å². The first-order valence-electron chi connectivity index (χ1n) is 10.2. The van der Waals surface area contributed by atoms with Crippen molar-refractivity contribution < 1.29 is 13.2 Å². The highest BCUT2D eigenvalue weighted by molar-refractivity contribution is 9.10. The number of carbonyl (C=O) groups excluding carboxylic acids is 1. The first-order valence-corrected chi connectivity index (χ1v) is 13.3. The topological polar surface area (TPSA) is 71.7 Å². The van der Waals surface area contributed by atoms with Crippen molar-refractivity contribution in [2.24, 2.45) is 4.99 Å². The molecule has 1 amide bonds. The van der Waals surface area contributed by atoms with E-state index in [1.807, 2.05) is 36.6 Å². The summed E-state index contributed by atoms with van der Waals surface area (Å²) in [5.74, 6) is 2.15. The van der Waals surface area contributed by atoms with Gasteiger partial charge in [-0.05, 0) is 48.9 Å². The van der Waals surface area contributed by atoms with E-state index in [0.29, 0.717) is 23.5 Å². The number of aromatic nitrogens is 1. The Kier molecular flexibility index (Phi) is 8.06. The minimum atomic E-state index is -3.60. The smallest absolute Gasteiger partial charge is 0.279 e. The standard InChI is InChI=1S/C23H24BrN3O3S2/c1-4-7-15-26(6-3)32(29,30)19-11-8-17(9-12-19)22(28)25-23-27(14-5-2)20-13-10-18(24)16-21(20)31-23/h2,8-13,16H,4,6-7,14-15H2,1,3H3. The number of halogens is 1. The second-order valence-electron chi connectivity index (χ2n) is 7.08. The lowest BCUT2D eigenvalue weighted by Gasteiger charge is -2.20. The normalized spacial score (nSPS) is 12.4. The van der Waals surface area contributed by atoms with Gasteiger partial charge < -0.3 is 4.57 Å². The quantitative estimate of drug-likeness (QED) is 0.395. The van der Waals surface area contributed by atoms with E-state index in [9.17, 15) is 13.2 Å². The van der Waals surface area contributed by atoms with Crippen LogP contribution in [-0.2, 0) is 16.6 Å². The predicted molar refractivity (Wildman–Crippen MR) is 132 cm³/mol. The number of hydrogen-bond donors (Lipinski definition) is 0. The third-order valence-electron chi connectivity index (χ3n) is 4.94. The molecule has 0 N–H and O–H groups in total. The molecule has 1 heterocycles. The molecule has 2 aromatic carbocycles. The monoisotopic (exact) mass is 533 g/mol. The van der Waals surface area contributed by atoms with E-state index >= 15 is 0 Å². The van der Waals surface area contributed by atoms with Crippen LogP contribution in [0.4, 0.5) is 0 Å². The minimum absolute atomic E-state index is 0.168. The van der Waals surface area contributed by atoms with E-state index in [1.54, 1.807) is 0 Å². The lowest BCUT2D eigenvalue weighted by Crippen LogP contribution is -2.31. The van der Waals surface area contributed by atoms with E-state index in [4.69, 9.17) is 6.42 Å². The van der Waals surface area contributed by atoms with Crippen molar-refractivity contribution in [3.05, 3.63) is 57.3 Å². The second-order valence-corrected chi connectivity index (χ2v) is 10.9. The third-order valence-corrected chi connectivity index (χ3v) is 8.47. The molecule has 0 atom stereocenters. The van der Waals surface area contributed by atoms with Gasteiger partial charge in [-0.25, -0.2) is 8.42 Å². The molecule has 32 heavy (non-hydrogen) atoms. The van der Waals surface area contributed by atoms with Gasteiger partial charge in [0.1, 0.15) is 0 Å². The van der Waals surface area contributed by atoms with Crippen molar-refractivity contribution in [1.82, 2.24) is 8.87 Å². The fourth-order valence-electron chi connectivity index (χ4n) is 3.23. The van der Waals surface area contributed by atoms with Crippen LogP contribution in [0.15, 0.2) is 56.8 Å². The van der Waals surface area contributed by atoms with Gasteiger partial charge >= 0.3 is 0 Å². The van der Waals surface area contributed by atoms with Gasteiger partial charge in [-0.1, -0.05) is 53.5 Å². The van der Waals surface area contributed by atoms with Crippen molar-refractivity contribution in [2.75, 3.05) is 13.1 Å².